The second-order valence-electron chi connectivity index (χ2n) is 7.97. The predicted molar refractivity (Wildman–Crippen MR) is 118 cm³/mol. The van der Waals surface area contributed by atoms with Crippen LogP contribution in [0.5, 0.6) is 0 Å². The number of para-hydroxylation sites is 1. The first-order valence-electron chi connectivity index (χ1n) is 10.5. The van der Waals surface area contributed by atoms with Gasteiger partial charge in [0.2, 0.25) is 11.3 Å². The van der Waals surface area contributed by atoms with Gasteiger partial charge in [0.1, 0.15) is 17.7 Å². The number of anilines is 1. The van der Waals surface area contributed by atoms with Crippen molar-refractivity contribution in [1.82, 2.24) is 14.8 Å². The second-order valence-corrected chi connectivity index (χ2v) is 7.97. The van der Waals surface area contributed by atoms with E-state index in [9.17, 15) is 19.2 Å². The third-order valence-electron chi connectivity index (χ3n) is 5.04. The molecule has 31 heavy (non-hydrogen) atoms. The quantitative estimate of drug-likeness (QED) is 0.765. The summed E-state index contributed by atoms with van der Waals surface area (Å²) >= 11 is 0. The smallest absolute Gasteiger partial charge is 0.259 e. The van der Waals surface area contributed by atoms with Crippen LogP contribution in [0.25, 0.3) is 0 Å². The molecule has 1 saturated heterocycles. The molecule has 1 aliphatic heterocycles. The van der Waals surface area contributed by atoms with Crippen LogP contribution >= 0.6 is 0 Å². The van der Waals surface area contributed by atoms with Crippen LogP contribution < -0.4 is 15.6 Å². The monoisotopic (exact) mass is 424 g/mol. The molecule has 0 radical (unpaired) electrons. The fourth-order valence-corrected chi connectivity index (χ4v) is 3.63. The number of carbonyl (C=O) groups is 3. The molecule has 0 bridgehead atoms. The zero-order chi connectivity index (χ0) is 22.5. The van der Waals surface area contributed by atoms with Crippen molar-refractivity contribution in [2.24, 2.45) is 5.92 Å². The van der Waals surface area contributed by atoms with E-state index in [0.29, 0.717) is 26.2 Å². The lowest BCUT2D eigenvalue weighted by Crippen LogP contribution is -2.53. The van der Waals surface area contributed by atoms with E-state index in [1.807, 2.05) is 44.2 Å². The Hall–Kier alpha value is -3.42. The largest absolute Gasteiger partial charge is 0.352 e. The Morgan fingerprint density at radius 2 is 1.71 bits per heavy atom. The van der Waals surface area contributed by atoms with Crippen LogP contribution in [0, 0.1) is 5.92 Å². The highest BCUT2D eigenvalue weighted by Gasteiger charge is 2.30. The normalized spacial score (nSPS) is 14.1. The first-order valence-corrected chi connectivity index (χ1v) is 10.5. The van der Waals surface area contributed by atoms with E-state index >= 15 is 0 Å². The average molecular weight is 425 g/mol. The molecule has 2 heterocycles. The molecule has 0 saturated carbocycles. The summed E-state index contributed by atoms with van der Waals surface area (Å²) in [6, 6.07) is 9.26. The van der Waals surface area contributed by atoms with Gasteiger partial charge in [-0.1, -0.05) is 32.0 Å². The van der Waals surface area contributed by atoms with Crippen molar-refractivity contribution in [3.63, 3.8) is 0 Å². The van der Waals surface area contributed by atoms with Crippen LogP contribution in [-0.4, -0.2) is 53.4 Å². The fraction of sp³-hybridized carbons (Fsp3) is 0.391. The van der Waals surface area contributed by atoms with E-state index in [4.69, 9.17) is 0 Å². The van der Waals surface area contributed by atoms with E-state index in [2.05, 4.69) is 5.32 Å². The molecule has 8 nitrogen and oxygen atoms in total. The Morgan fingerprint density at radius 1 is 1.03 bits per heavy atom. The molecule has 1 aromatic heterocycles. The van der Waals surface area contributed by atoms with E-state index in [0.717, 1.165) is 5.69 Å². The van der Waals surface area contributed by atoms with Gasteiger partial charge < -0.3 is 19.7 Å². The molecular formula is C23H28N4O4. The van der Waals surface area contributed by atoms with Crippen molar-refractivity contribution >= 4 is 23.4 Å². The van der Waals surface area contributed by atoms with Crippen LogP contribution in [0.4, 0.5) is 5.69 Å². The van der Waals surface area contributed by atoms with Crippen LogP contribution in [0.1, 0.15) is 41.5 Å². The predicted octanol–water partition coefficient (Wildman–Crippen LogP) is 1.74. The number of rotatable bonds is 6. The summed E-state index contributed by atoms with van der Waals surface area (Å²) in [6.07, 6.45) is 2.98. The van der Waals surface area contributed by atoms with Crippen LogP contribution in [-0.2, 0) is 11.3 Å². The van der Waals surface area contributed by atoms with Gasteiger partial charge in [0, 0.05) is 44.3 Å². The number of aromatic nitrogens is 1. The van der Waals surface area contributed by atoms with Crippen molar-refractivity contribution in [2.75, 3.05) is 31.1 Å². The number of piperazine rings is 1. The number of amides is 3. The zero-order valence-electron chi connectivity index (χ0n) is 18.1. The number of nitrogens with zero attached hydrogens (tertiary/aromatic N) is 3. The topological polar surface area (TPSA) is 91.7 Å². The Labute approximate surface area is 181 Å². The Bertz CT molecular complexity index is 1030. The minimum Gasteiger partial charge on any atom is -0.352 e. The number of carbonyl (C=O) groups excluding carboxylic acids is 3. The lowest BCUT2D eigenvalue weighted by molar-refractivity contribution is -0.120. The highest BCUT2D eigenvalue weighted by molar-refractivity contribution is 6.03. The number of hydrogen-bond donors (Lipinski definition) is 1. The fourth-order valence-electron chi connectivity index (χ4n) is 3.63. The number of nitrogens with one attached hydrogen (secondary N) is 1. The Balaban J connectivity index is 1.88. The van der Waals surface area contributed by atoms with Gasteiger partial charge in [-0.05, 0) is 25.0 Å². The minimum atomic E-state index is -0.617. The van der Waals surface area contributed by atoms with Gasteiger partial charge >= 0.3 is 0 Å². The summed E-state index contributed by atoms with van der Waals surface area (Å²) in [4.78, 5) is 54.2. The number of pyridine rings is 1. The molecule has 1 aromatic carbocycles. The standard InChI is InChI=1S/C23H28N4O4/c1-4-24-22(30)18-13-25(12-16(2)3)14-19(21(18)29)23(31)26-10-11-27(20(28)15-26)17-8-6-5-7-9-17/h5-9,13-14,16H,4,10-12,15H2,1-3H3,(H,24,30). The van der Waals surface area contributed by atoms with Crippen molar-refractivity contribution in [2.45, 2.75) is 27.3 Å². The molecular weight excluding hydrogens is 396 g/mol. The van der Waals surface area contributed by atoms with E-state index in [1.165, 1.54) is 17.3 Å². The highest BCUT2D eigenvalue weighted by atomic mass is 16.2. The van der Waals surface area contributed by atoms with Crippen molar-refractivity contribution in [3.05, 3.63) is 64.1 Å². The SMILES string of the molecule is CCNC(=O)c1cn(CC(C)C)cc(C(=O)N2CCN(c3ccccc3)C(=O)C2)c1=O. The summed E-state index contributed by atoms with van der Waals surface area (Å²) in [6.45, 7) is 7.21. The summed E-state index contributed by atoms with van der Waals surface area (Å²) in [7, 11) is 0. The summed E-state index contributed by atoms with van der Waals surface area (Å²) < 4.78 is 1.70. The van der Waals surface area contributed by atoms with E-state index < -0.39 is 17.2 Å². The molecule has 8 heteroatoms. The van der Waals surface area contributed by atoms with Crippen LogP contribution in [0.15, 0.2) is 47.5 Å². The third kappa shape index (κ3) is 5.02. The third-order valence-corrected chi connectivity index (χ3v) is 5.04. The van der Waals surface area contributed by atoms with Gasteiger partial charge in [0.25, 0.3) is 11.8 Å². The molecule has 0 aliphatic carbocycles. The average Bonchev–Trinajstić information content (AvgIpc) is 2.74. The summed E-state index contributed by atoms with van der Waals surface area (Å²) in [5.74, 6) is -1.00. The van der Waals surface area contributed by atoms with Gasteiger partial charge in [0.05, 0.1) is 0 Å². The lowest BCUT2D eigenvalue weighted by atomic mass is 10.1. The molecule has 1 fully saturated rings. The summed E-state index contributed by atoms with van der Waals surface area (Å²) in [5, 5.41) is 2.62. The Morgan fingerprint density at radius 3 is 2.32 bits per heavy atom. The molecule has 1 N–H and O–H groups in total. The molecule has 0 spiro atoms. The molecule has 0 atom stereocenters. The van der Waals surface area contributed by atoms with Crippen molar-refractivity contribution in [3.8, 4) is 0 Å². The maximum absolute atomic E-state index is 13.2. The zero-order valence-corrected chi connectivity index (χ0v) is 18.1. The maximum atomic E-state index is 13.2. The van der Waals surface area contributed by atoms with Gasteiger partial charge in [-0.3, -0.25) is 19.2 Å². The van der Waals surface area contributed by atoms with E-state index in [1.54, 1.807) is 16.4 Å². The van der Waals surface area contributed by atoms with Crippen molar-refractivity contribution < 1.29 is 14.4 Å². The molecule has 164 valence electrons. The van der Waals surface area contributed by atoms with Gasteiger partial charge in [-0.15, -0.1) is 0 Å². The first-order chi connectivity index (χ1) is 14.8. The molecule has 3 amide bonds. The molecule has 2 aromatic rings. The minimum absolute atomic E-state index is 0.0670. The molecule has 1 aliphatic rings. The Kier molecular flexibility index (Phi) is 6.89. The number of benzene rings is 1. The van der Waals surface area contributed by atoms with Gasteiger partial charge in [0.15, 0.2) is 0 Å². The number of hydrogen-bond acceptors (Lipinski definition) is 4. The second kappa shape index (κ2) is 9.59. The summed E-state index contributed by atoms with van der Waals surface area (Å²) in [5.41, 5.74) is -0.000946. The molecule has 0 unspecified atom stereocenters. The maximum Gasteiger partial charge on any atom is 0.259 e. The molecule has 3 rings (SSSR count). The highest BCUT2D eigenvalue weighted by Crippen LogP contribution is 2.17. The van der Waals surface area contributed by atoms with Gasteiger partial charge in [-0.2, -0.15) is 0 Å². The lowest BCUT2D eigenvalue weighted by Gasteiger charge is -2.34. The van der Waals surface area contributed by atoms with Crippen LogP contribution in [0.2, 0.25) is 0 Å². The van der Waals surface area contributed by atoms with Gasteiger partial charge in [-0.25, -0.2) is 0 Å². The van der Waals surface area contributed by atoms with Crippen molar-refractivity contribution in [1.29, 1.82) is 0 Å². The van der Waals surface area contributed by atoms with Crippen LogP contribution in [0.3, 0.4) is 0 Å². The first kappa shape index (κ1) is 22.3. The van der Waals surface area contributed by atoms with E-state index in [-0.39, 0.29) is 29.5 Å².